The first-order valence-corrected chi connectivity index (χ1v) is 11.7. The first kappa shape index (κ1) is 20.9. The van der Waals surface area contributed by atoms with Crippen molar-refractivity contribution in [2.45, 2.75) is 11.3 Å². The zero-order chi connectivity index (χ0) is 23.2. The highest BCUT2D eigenvalue weighted by atomic mass is 32.2. The first-order chi connectivity index (χ1) is 15.9. The van der Waals surface area contributed by atoms with Gasteiger partial charge in [-0.15, -0.1) is 0 Å². The second-order valence-corrected chi connectivity index (χ2v) is 9.31. The van der Waals surface area contributed by atoms with Gasteiger partial charge in [0.2, 0.25) is 0 Å². The van der Waals surface area contributed by atoms with E-state index in [2.05, 4.69) is 4.98 Å². The number of imidazole rings is 1. The average molecular weight is 461 g/mol. The summed E-state index contributed by atoms with van der Waals surface area (Å²) in [4.78, 5) is 31.1. The van der Waals surface area contributed by atoms with Gasteiger partial charge in [-0.25, -0.2) is 17.4 Å². The van der Waals surface area contributed by atoms with Crippen molar-refractivity contribution in [2.24, 2.45) is 0 Å². The Bertz CT molecular complexity index is 1470. The van der Waals surface area contributed by atoms with Crippen LogP contribution in [0.1, 0.15) is 26.5 Å². The van der Waals surface area contributed by atoms with Crippen LogP contribution in [0, 0.1) is 0 Å². The van der Waals surface area contributed by atoms with Gasteiger partial charge in [0.05, 0.1) is 34.2 Å². The summed E-state index contributed by atoms with van der Waals surface area (Å²) in [6.45, 7) is 0.00774. The van der Waals surface area contributed by atoms with Gasteiger partial charge in [0.15, 0.2) is 0 Å². The highest BCUT2D eigenvalue weighted by Gasteiger charge is 2.35. The number of carbonyl (C=O) groups is 2. The van der Waals surface area contributed by atoms with E-state index >= 15 is 0 Å². The Morgan fingerprint density at radius 2 is 1.45 bits per heavy atom. The molecule has 5 rings (SSSR count). The molecular weight excluding hydrogens is 442 g/mol. The van der Waals surface area contributed by atoms with E-state index in [0.717, 1.165) is 4.90 Å². The molecule has 0 atom stereocenters. The number of amides is 2. The van der Waals surface area contributed by atoms with Crippen LogP contribution in [0.3, 0.4) is 0 Å². The molecule has 0 radical (unpaired) electrons. The van der Waals surface area contributed by atoms with Crippen LogP contribution in [0.5, 0.6) is 5.75 Å². The predicted octanol–water partition coefficient (Wildman–Crippen LogP) is 3.12. The topological polar surface area (TPSA) is 98.6 Å². The van der Waals surface area contributed by atoms with Crippen LogP contribution in [0.4, 0.5) is 0 Å². The van der Waals surface area contributed by atoms with Crippen molar-refractivity contribution >= 4 is 32.9 Å². The molecule has 0 aliphatic carbocycles. The van der Waals surface area contributed by atoms with E-state index in [1.165, 1.54) is 23.2 Å². The molecule has 0 saturated heterocycles. The molecule has 8 nitrogen and oxygen atoms in total. The SMILES string of the molecule is COc1ccc(S(=O)(=O)n2c(CCN3C(=O)c4ccccc4C3=O)nc3ccccc32)cc1. The third-order valence-electron chi connectivity index (χ3n) is 5.62. The number of imide groups is 1. The Balaban J connectivity index is 1.53. The number of hydrogen-bond acceptors (Lipinski definition) is 6. The summed E-state index contributed by atoms with van der Waals surface area (Å²) in [7, 11) is -2.49. The number of aromatic nitrogens is 2. The third-order valence-corrected chi connectivity index (χ3v) is 7.38. The Kier molecular flexibility index (Phi) is 4.98. The van der Waals surface area contributed by atoms with Gasteiger partial charge in [-0.05, 0) is 48.5 Å². The molecule has 2 heterocycles. The number of rotatable bonds is 6. The Labute approximate surface area is 190 Å². The van der Waals surface area contributed by atoms with Gasteiger partial charge in [-0.3, -0.25) is 14.5 Å². The van der Waals surface area contributed by atoms with E-state index in [1.807, 2.05) is 0 Å². The second-order valence-electron chi connectivity index (χ2n) is 7.52. The third kappa shape index (κ3) is 3.37. The molecule has 0 N–H and O–H groups in total. The highest BCUT2D eigenvalue weighted by molar-refractivity contribution is 7.90. The van der Waals surface area contributed by atoms with Gasteiger partial charge in [0, 0.05) is 13.0 Å². The van der Waals surface area contributed by atoms with E-state index < -0.39 is 21.8 Å². The van der Waals surface area contributed by atoms with E-state index in [9.17, 15) is 18.0 Å². The molecule has 0 bridgehead atoms. The fraction of sp³-hybridized carbons (Fsp3) is 0.125. The maximum Gasteiger partial charge on any atom is 0.269 e. The lowest BCUT2D eigenvalue weighted by atomic mass is 10.1. The smallest absolute Gasteiger partial charge is 0.269 e. The maximum atomic E-state index is 13.6. The molecule has 3 aromatic carbocycles. The summed E-state index contributed by atoms with van der Waals surface area (Å²) >= 11 is 0. The first-order valence-electron chi connectivity index (χ1n) is 10.2. The number of methoxy groups -OCH3 is 1. The average Bonchev–Trinajstić information content (AvgIpc) is 3.33. The molecule has 1 aliphatic rings. The number of hydrogen-bond donors (Lipinski definition) is 0. The minimum Gasteiger partial charge on any atom is -0.497 e. The van der Waals surface area contributed by atoms with Crippen molar-refractivity contribution in [3.05, 3.63) is 89.7 Å². The summed E-state index contributed by atoms with van der Waals surface area (Å²) < 4.78 is 33.4. The van der Waals surface area contributed by atoms with Crippen molar-refractivity contribution in [1.82, 2.24) is 13.9 Å². The second kappa shape index (κ2) is 7.86. The van der Waals surface area contributed by atoms with Gasteiger partial charge in [0.1, 0.15) is 11.6 Å². The monoisotopic (exact) mass is 461 g/mol. The summed E-state index contributed by atoms with van der Waals surface area (Å²) in [6, 6.07) is 19.6. The lowest BCUT2D eigenvalue weighted by Gasteiger charge is -2.15. The molecule has 1 aromatic heterocycles. The van der Waals surface area contributed by atoms with Crippen LogP contribution >= 0.6 is 0 Å². The Hall–Kier alpha value is -3.98. The fourth-order valence-electron chi connectivity index (χ4n) is 3.99. The van der Waals surface area contributed by atoms with Crippen molar-refractivity contribution in [3.8, 4) is 5.75 Å². The molecule has 0 fully saturated rings. The van der Waals surface area contributed by atoms with Crippen LogP contribution in [0.15, 0.2) is 77.7 Å². The zero-order valence-corrected chi connectivity index (χ0v) is 18.5. The molecule has 0 saturated carbocycles. The molecule has 33 heavy (non-hydrogen) atoms. The highest BCUT2D eigenvalue weighted by Crippen LogP contribution is 2.27. The van der Waals surface area contributed by atoms with E-state index in [1.54, 1.807) is 60.7 Å². The Morgan fingerprint density at radius 1 is 0.848 bits per heavy atom. The quantitative estimate of drug-likeness (QED) is 0.409. The lowest BCUT2D eigenvalue weighted by molar-refractivity contribution is 0.0655. The molecule has 1 aliphatic heterocycles. The number of para-hydroxylation sites is 2. The van der Waals surface area contributed by atoms with E-state index in [0.29, 0.717) is 27.9 Å². The van der Waals surface area contributed by atoms with Gasteiger partial charge < -0.3 is 4.74 Å². The van der Waals surface area contributed by atoms with Gasteiger partial charge in [-0.1, -0.05) is 24.3 Å². The van der Waals surface area contributed by atoms with Crippen molar-refractivity contribution in [3.63, 3.8) is 0 Å². The Morgan fingerprint density at radius 3 is 2.09 bits per heavy atom. The standard InChI is InChI=1S/C24H19N3O5S/c1-32-16-10-12-17(13-11-16)33(30,31)27-21-9-5-4-8-20(21)25-22(27)14-15-26-23(28)18-6-2-3-7-19(18)24(26)29/h2-13H,14-15H2,1H3. The normalized spacial score (nSPS) is 13.5. The summed E-state index contributed by atoms with van der Waals surface area (Å²) in [5.41, 5.74) is 1.63. The van der Waals surface area contributed by atoms with Gasteiger partial charge >= 0.3 is 0 Å². The molecule has 4 aromatic rings. The molecule has 0 spiro atoms. The molecular formula is C24H19N3O5S. The van der Waals surface area contributed by atoms with E-state index in [4.69, 9.17) is 4.74 Å². The number of carbonyl (C=O) groups excluding carboxylic acids is 2. The number of fused-ring (bicyclic) bond motifs is 2. The van der Waals surface area contributed by atoms with Gasteiger partial charge in [0.25, 0.3) is 21.8 Å². The van der Waals surface area contributed by atoms with Crippen molar-refractivity contribution in [2.75, 3.05) is 13.7 Å². The summed E-state index contributed by atoms with van der Waals surface area (Å²) in [6.07, 6.45) is 0.0789. The number of benzene rings is 3. The zero-order valence-electron chi connectivity index (χ0n) is 17.6. The van der Waals surface area contributed by atoms with E-state index in [-0.39, 0.29) is 23.7 Å². The van der Waals surface area contributed by atoms with Crippen LogP contribution in [0.2, 0.25) is 0 Å². The van der Waals surface area contributed by atoms with Crippen LogP contribution in [-0.4, -0.2) is 47.7 Å². The summed E-state index contributed by atoms with van der Waals surface area (Å²) in [5, 5.41) is 0. The fourth-order valence-corrected chi connectivity index (χ4v) is 5.50. The predicted molar refractivity (Wildman–Crippen MR) is 121 cm³/mol. The van der Waals surface area contributed by atoms with Crippen molar-refractivity contribution < 1.29 is 22.7 Å². The molecule has 2 amide bonds. The minimum atomic E-state index is -3.99. The van der Waals surface area contributed by atoms with Gasteiger partial charge in [-0.2, -0.15) is 0 Å². The lowest BCUT2D eigenvalue weighted by Crippen LogP contribution is -2.32. The van der Waals surface area contributed by atoms with Crippen LogP contribution in [-0.2, 0) is 16.4 Å². The largest absolute Gasteiger partial charge is 0.497 e. The van der Waals surface area contributed by atoms with Crippen LogP contribution in [0.25, 0.3) is 11.0 Å². The minimum absolute atomic E-state index is 0.00774. The molecule has 9 heteroatoms. The molecule has 166 valence electrons. The number of nitrogens with zero attached hydrogens (tertiary/aromatic N) is 3. The van der Waals surface area contributed by atoms with Crippen LogP contribution < -0.4 is 4.74 Å². The number of ether oxygens (including phenoxy) is 1. The van der Waals surface area contributed by atoms with Crippen molar-refractivity contribution in [1.29, 1.82) is 0 Å². The summed E-state index contributed by atoms with van der Waals surface area (Å²) in [5.74, 6) is -0.00796. The maximum absolute atomic E-state index is 13.6. The molecule has 0 unspecified atom stereocenters.